The van der Waals surface area contributed by atoms with Crippen molar-refractivity contribution in [3.05, 3.63) is 59.2 Å². The van der Waals surface area contributed by atoms with E-state index in [9.17, 15) is 4.79 Å². The zero-order chi connectivity index (χ0) is 18.4. The third kappa shape index (κ3) is 4.57. The first kappa shape index (κ1) is 18.3. The first-order chi connectivity index (χ1) is 12.7. The summed E-state index contributed by atoms with van der Waals surface area (Å²) in [4.78, 5) is 12.6. The molecule has 0 heterocycles. The van der Waals surface area contributed by atoms with Crippen LogP contribution in [0.25, 0.3) is 0 Å². The molecule has 0 bridgehead atoms. The highest BCUT2D eigenvalue weighted by molar-refractivity contribution is 5.94. The second kappa shape index (κ2) is 8.75. The molecule has 1 aliphatic rings. The molecule has 26 heavy (non-hydrogen) atoms. The van der Waals surface area contributed by atoms with Gasteiger partial charge in [-0.2, -0.15) is 0 Å². The van der Waals surface area contributed by atoms with Crippen molar-refractivity contribution in [3.8, 4) is 11.5 Å². The SMILES string of the molecule is CCOc1ccc(C(=O)NC2CCCC2)cc1COc1ccccc1C. The lowest BCUT2D eigenvalue weighted by atomic mass is 10.1. The second-order valence-corrected chi connectivity index (χ2v) is 6.76. The number of aryl methyl sites for hydroxylation is 1. The van der Waals surface area contributed by atoms with Crippen LogP contribution in [-0.4, -0.2) is 18.6 Å². The Kier molecular flexibility index (Phi) is 6.16. The third-order valence-corrected chi connectivity index (χ3v) is 4.79. The monoisotopic (exact) mass is 353 g/mol. The summed E-state index contributed by atoms with van der Waals surface area (Å²) >= 11 is 0. The molecule has 2 aromatic rings. The van der Waals surface area contributed by atoms with E-state index >= 15 is 0 Å². The predicted molar refractivity (Wildman–Crippen MR) is 103 cm³/mol. The van der Waals surface area contributed by atoms with Crippen LogP contribution < -0.4 is 14.8 Å². The molecular weight excluding hydrogens is 326 g/mol. The first-order valence-corrected chi connectivity index (χ1v) is 9.42. The molecule has 1 aliphatic carbocycles. The van der Waals surface area contributed by atoms with E-state index in [0.717, 1.165) is 35.5 Å². The minimum absolute atomic E-state index is 0.0166. The molecular formula is C22H27NO3. The van der Waals surface area contributed by atoms with Gasteiger partial charge in [0.15, 0.2) is 0 Å². The average molecular weight is 353 g/mol. The molecule has 0 aromatic heterocycles. The normalized spacial score (nSPS) is 14.2. The maximum Gasteiger partial charge on any atom is 0.251 e. The van der Waals surface area contributed by atoms with Crippen LogP contribution in [0.1, 0.15) is 54.1 Å². The Balaban J connectivity index is 1.75. The van der Waals surface area contributed by atoms with Gasteiger partial charge in [-0.25, -0.2) is 0 Å². The number of para-hydroxylation sites is 1. The van der Waals surface area contributed by atoms with Crippen molar-refractivity contribution < 1.29 is 14.3 Å². The molecule has 1 saturated carbocycles. The van der Waals surface area contributed by atoms with Crippen molar-refractivity contribution in [2.45, 2.75) is 52.2 Å². The van der Waals surface area contributed by atoms with Crippen LogP contribution in [-0.2, 0) is 6.61 Å². The topological polar surface area (TPSA) is 47.6 Å². The highest BCUT2D eigenvalue weighted by atomic mass is 16.5. The van der Waals surface area contributed by atoms with Gasteiger partial charge in [0.25, 0.3) is 5.91 Å². The van der Waals surface area contributed by atoms with Gasteiger partial charge in [-0.3, -0.25) is 4.79 Å². The maximum atomic E-state index is 12.6. The number of hydrogen-bond donors (Lipinski definition) is 1. The van der Waals surface area contributed by atoms with Crippen molar-refractivity contribution in [3.63, 3.8) is 0 Å². The lowest BCUT2D eigenvalue weighted by Gasteiger charge is -2.16. The minimum atomic E-state index is -0.0166. The molecule has 138 valence electrons. The van der Waals surface area contributed by atoms with Crippen LogP contribution in [0.5, 0.6) is 11.5 Å². The van der Waals surface area contributed by atoms with Gasteiger partial charge in [0.2, 0.25) is 0 Å². The first-order valence-electron chi connectivity index (χ1n) is 9.42. The Morgan fingerprint density at radius 1 is 1.08 bits per heavy atom. The van der Waals surface area contributed by atoms with E-state index in [0.29, 0.717) is 24.8 Å². The zero-order valence-corrected chi connectivity index (χ0v) is 15.6. The van der Waals surface area contributed by atoms with Crippen molar-refractivity contribution in [2.75, 3.05) is 6.61 Å². The molecule has 4 nitrogen and oxygen atoms in total. The van der Waals surface area contributed by atoms with Gasteiger partial charge in [0, 0.05) is 17.2 Å². The molecule has 3 rings (SSSR count). The van der Waals surface area contributed by atoms with E-state index in [2.05, 4.69) is 5.32 Å². The Hall–Kier alpha value is -2.49. The number of benzene rings is 2. The van der Waals surface area contributed by atoms with E-state index in [4.69, 9.17) is 9.47 Å². The number of carbonyl (C=O) groups excluding carboxylic acids is 1. The number of ether oxygens (including phenoxy) is 2. The highest BCUT2D eigenvalue weighted by Crippen LogP contribution is 2.25. The minimum Gasteiger partial charge on any atom is -0.493 e. The van der Waals surface area contributed by atoms with E-state index in [-0.39, 0.29) is 5.91 Å². The summed E-state index contributed by atoms with van der Waals surface area (Å²) in [6.07, 6.45) is 4.55. The maximum absolute atomic E-state index is 12.6. The molecule has 0 saturated heterocycles. The number of hydrogen-bond acceptors (Lipinski definition) is 3. The fourth-order valence-corrected chi connectivity index (χ4v) is 3.34. The number of amides is 1. The van der Waals surface area contributed by atoms with Crippen LogP contribution in [0.3, 0.4) is 0 Å². The Morgan fingerprint density at radius 2 is 1.85 bits per heavy atom. The summed E-state index contributed by atoms with van der Waals surface area (Å²) in [6.45, 7) is 4.91. The molecule has 0 aliphatic heterocycles. The number of carbonyl (C=O) groups is 1. The van der Waals surface area contributed by atoms with Gasteiger partial charge in [0.05, 0.1) is 6.61 Å². The fraction of sp³-hybridized carbons (Fsp3) is 0.409. The van der Waals surface area contributed by atoms with E-state index in [1.54, 1.807) is 0 Å². The number of nitrogens with one attached hydrogen (secondary N) is 1. The van der Waals surface area contributed by atoms with Gasteiger partial charge in [0.1, 0.15) is 18.1 Å². The second-order valence-electron chi connectivity index (χ2n) is 6.76. The van der Waals surface area contributed by atoms with E-state index in [1.165, 1.54) is 12.8 Å². The Morgan fingerprint density at radius 3 is 2.58 bits per heavy atom. The molecule has 0 spiro atoms. The summed E-state index contributed by atoms with van der Waals surface area (Å²) in [5.74, 6) is 1.59. The predicted octanol–water partition coefficient (Wildman–Crippen LogP) is 4.65. The van der Waals surface area contributed by atoms with Gasteiger partial charge in [-0.1, -0.05) is 31.0 Å². The molecule has 0 atom stereocenters. The molecule has 1 amide bonds. The molecule has 1 N–H and O–H groups in total. The average Bonchev–Trinajstić information content (AvgIpc) is 3.15. The summed E-state index contributed by atoms with van der Waals surface area (Å²) in [5.41, 5.74) is 2.62. The summed E-state index contributed by atoms with van der Waals surface area (Å²) in [6, 6.07) is 13.8. The van der Waals surface area contributed by atoms with E-state index < -0.39 is 0 Å². The Bertz CT molecular complexity index is 751. The fourth-order valence-electron chi connectivity index (χ4n) is 3.34. The largest absolute Gasteiger partial charge is 0.493 e. The molecule has 1 fully saturated rings. The van der Waals surface area contributed by atoms with Gasteiger partial charge < -0.3 is 14.8 Å². The molecule has 4 heteroatoms. The smallest absolute Gasteiger partial charge is 0.251 e. The van der Waals surface area contributed by atoms with Crippen LogP contribution in [0, 0.1) is 6.92 Å². The quantitative estimate of drug-likeness (QED) is 0.788. The lowest BCUT2D eigenvalue weighted by Crippen LogP contribution is -2.32. The zero-order valence-electron chi connectivity index (χ0n) is 15.6. The third-order valence-electron chi connectivity index (χ3n) is 4.79. The van der Waals surface area contributed by atoms with Gasteiger partial charge in [-0.15, -0.1) is 0 Å². The molecule has 0 unspecified atom stereocenters. The standard InChI is InChI=1S/C22H27NO3/c1-3-25-21-13-12-17(22(24)23-19-9-5-6-10-19)14-18(21)15-26-20-11-7-4-8-16(20)2/h4,7-8,11-14,19H,3,5-6,9-10,15H2,1-2H3,(H,23,24). The molecule has 2 aromatic carbocycles. The highest BCUT2D eigenvalue weighted by Gasteiger charge is 2.19. The van der Waals surface area contributed by atoms with Gasteiger partial charge in [-0.05, 0) is 56.5 Å². The van der Waals surface area contributed by atoms with Crippen LogP contribution in [0.2, 0.25) is 0 Å². The summed E-state index contributed by atoms with van der Waals surface area (Å²) < 4.78 is 11.7. The number of rotatable bonds is 7. The lowest BCUT2D eigenvalue weighted by molar-refractivity contribution is 0.0937. The van der Waals surface area contributed by atoms with Crippen molar-refractivity contribution >= 4 is 5.91 Å². The summed E-state index contributed by atoms with van der Waals surface area (Å²) in [7, 11) is 0. The van der Waals surface area contributed by atoms with Crippen molar-refractivity contribution in [1.82, 2.24) is 5.32 Å². The van der Waals surface area contributed by atoms with Crippen LogP contribution >= 0.6 is 0 Å². The van der Waals surface area contributed by atoms with E-state index in [1.807, 2.05) is 56.3 Å². The Labute approximate surface area is 155 Å². The summed E-state index contributed by atoms with van der Waals surface area (Å²) in [5, 5.41) is 3.14. The van der Waals surface area contributed by atoms with Gasteiger partial charge >= 0.3 is 0 Å². The van der Waals surface area contributed by atoms with Crippen LogP contribution in [0.4, 0.5) is 0 Å². The van der Waals surface area contributed by atoms with Crippen molar-refractivity contribution in [1.29, 1.82) is 0 Å². The van der Waals surface area contributed by atoms with Crippen LogP contribution in [0.15, 0.2) is 42.5 Å². The van der Waals surface area contributed by atoms with Crippen molar-refractivity contribution in [2.24, 2.45) is 0 Å². The molecule has 0 radical (unpaired) electrons.